The normalized spacial score (nSPS) is 26.3. The molecule has 0 aliphatic carbocycles. The maximum absolute atomic E-state index is 14.2. The summed E-state index contributed by atoms with van der Waals surface area (Å²) in [7, 11) is 4.54. The molecule has 0 radical (unpaired) electrons. The van der Waals surface area contributed by atoms with Crippen molar-refractivity contribution in [1.29, 1.82) is 0 Å². The van der Waals surface area contributed by atoms with Gasteiger partial charge in [0, 0.05) is 55.7 Å². The molecule has 3 aromatic rings. The molecule has 63 heavy (non-hydrogen) atoms. The number of halogens is 3. The molecule has 4 bridgehead atoms. The lowest BCUT2D eigenvalue weighted by Crippen LogP contribution is -2.63. The van der Waals surface area contributed by atoms with E-state index in [1.54, 1.807) is 50.4 Å². The van der Waals surface area contributed by atoms with Crippen molar-refractivity contribution in [2.75, 3.05) is 32.7 Å². The van der Waals surface area contributed by atoms with Crippen molar-refractivity contribution < 1.29 is 48.0 Å². The first-order chi connectivity index (χ1) is 30.0. The van der Waals surface area contributed by atoms with Gasteiger partial charge < -0.3 is 39.0 Å². The van der Waals surface area contributed by atoms with Crippen LogP contribution in [-0.2, 0) is 45.6 Å². The van der Waals surface area contributed by atoms with E-state index in [9.17, 15) is 24.3 Å². The summed E-state index contributed by atoms with van der Waals surface area (Å²) in [6, 6.07) is 8.84. The molecule has 2 fully saturated rings. The van der Waals surface area contributed by atoms with Crippen LogP contribution in [0.25, 0.3) is 11.0 Å². The average molecular weight is 1020 g/mol. The third-order valence-electron chi connectivity index (χ3n) is 11.9. The molecule has 4 heterocycles. The fourth-order valence-electron chi connectivity index (χ4n) is 8.18. The van der Waals surface area contributed by atoms with E-state index in [-0.39, 0.29) is 30.2 Å². The number of epoxide rings is 1. The lowest BCUT2D eigenvalue weighted by molar-refractivity contribution is -0.154. The minimum atomic E-state index is -1.82. The number of nitrogens with zero attached hydrogens (tertiary/aromatic N) is 3. The first-order valence-corrected chi connectivity index (χ1v) is 23.4. The van der Waals surface area contributed by atoms with Gasteiger partial charge >= 0.3 is 12.1 Å². The van der Waals surface area contributed by atoms with Crippen LogP contribution in [0.2, 0.25) is 5.02 Å². The molecule has 3 aliphatic rings. The summed E-state index contributed by atoms with van der Waals surface area (Å²) in [6.45, 7) is 5.91. The first-order valence-electron chi connectivity index (χ1n) is 20.8. The Bertz CT molecular complexity index is 2280. The molecule has 6 rings (SSSR count). The van der Waals surface area contributed by atoms with Gasteiger partial charge in [-0.2, -0.15) is 0 Å². The van der Waals surface area contributed by atoms with Crippen LogP contribution in [0, 0.1) is 5.92 Å². The Balaban J connectivity index is 1.15. The van der Waals surface area contributed by atoms with Gasteiger partial charge in [0.25, 0.3) is 5.91 Å². The van der Waals surface area contributed by atoms with Gasteiger partial charge in [0.05, 0.1) is 47.7 Å². The maximum Gasteiger partial charge on any atom is 0.409 e. The number of anilines is 1. The van der Waals surface area contributed by atoms with Gasteiger partial charge in [-0.25, -0.2) is 14.8 Å². The van der Waals surface area contributed by atoms with Crippen molar-refractivity contribution in [2.24, 2.45) is 5.92 Å². The Morgan fingerprint density at radius 1 is 1.08 bits per heavy atom. The molecule has 3 N–H and O–H groups in total. The van der Waals surface area contributed by atoms with Crippen molar-refractivity contribution in [3.05, 3.63) is 81.7 Å². The Hall–Kier alpha value is -4.13. The van der Waals surface area contributed by atoms with Gasteiger partial charge in [-0.3, -0.25) is 19.7 Å². The van der Waals surface area contributed by atoms with Crippen LogP contribution in [0.5, 0.6) is 5.75 Å². The van der Waals surface area contributed by atoms with E-state index in [2.05, 4.69) is 52.5 Å². The maximum atomic E-state index is 14.2. The Kier molecular flexibility index (Phi) is 16.0. The number of unbranched alkanes of at least 4 members (excludes halogenated alkanes) is 2. The van der Waals surface area contributed by atoms with Crippen molar-refractivity contribution in [2.45, 2.75) is 112 Å². The molecule has 3 aliphatic heterocycles. The van der Waals surface area contributed by atoms with Gasteiger partial charge in [-0.15, -0.1) is 0 Å². The number of carbonyl (C=O) groups excluding carboxylic acids is 4. The summed E-state index contributed by atoms with van der Waals surface area (Å²) in [6.07, 6.45) is 2.98. The largest absolute Gasteiger partial charge is 0.495 e. The number of aromatic nitrogens is 2. The molecule has 2 aromatic carbocycles. The standard InChI is InChI=1S/C45H54Br2ClN5O10/c1-25-11-10-12-36(60-6)45(58)22-35(61-43(57)52-45)26(2)41-44(3,63-41)37(21-38(54)53(4)33-18-27(17-25)19-34(59-5)40(33)48)62-39(55)13-8-7-9-16-49-42(56)28-14-15-29-30(20-28)51-32(24-47)31(23-46)50-29/h10-12,14-15,18-20,26,35-37,41,58H,7-9,13,16-17,21-24H2,1-6H3,(H,49,56)(H,52,57). The van der Waals surface area contributed by atoms with Crippen LogP contribution in [-0.4, -0.2) is 103 Å². The topological polar surface area (TPSA) is 191 Å². The number of aliphatic hydroxyl groups is 1. The van der Waals surface area contributed by atoms with Crippen molar-refractivity contribution >= 4 is 84.1 Å². The monoisotopic (exact) mass is 1020 g/mol. The number of amides is 3. The van der Waals surface area contributed by atoms with E-state index in [1.807, 2.05) is 26.0 Å². The lowest BCUT2D eigenvalue weighted by Gasteiger charge is -2.42. The van der Waals surface area contributed by atoms with Crippen LogP contribution in [0.15, 0.2) is 54.1 Å². The third kappa shape index (κ3) is 11.2. The molecule has 15 nitrogen and oxygen atoms in total. The Labute approximate surface area is 388 Å². The Morgan fingerprint density at radius 2 is 1.81 bits per heavy atom. The second kappa shape index (κ2) is 20.8. The minimum Gasteiger partial charge on any atom is -0.495 e. The fraction of sp³-hybridized carbons (Fsp3) is 0.511. The van der Waals surface area contributed by atoms with E-state index in [0.717, 1.165) is 22.5 Å². The van der Waals surface area contributed by atoms with E-state index in [0.29, 0.717) is 70.9 Å². The van der Waals surface area contributed by atoms with E-state index >= 15 is 0 Å². The van der Waals surface area contributed by atoms with E-state index in [1.165, 1.54) is 19.1 Å². The number of benzene rings is 2. The smallest absolute Gasteiger partial charge is 0.409 e. The molecule has 0 saturated carbocycles. The Morgan fingerprint density at radius 3 is 2.51 bits per heavy atom. The number of fused-ring (bicyclic) bond motifs is 6. The zero-order valence-corrected chi connectivity index (χ0v) is 40.1. The summed E-state index contributed by atoms with van der Waals surface area (Å²) >= 11 is 13.7. The zero-order valence-electron chi connectivity index (χ0n) is 36.2. The number of carbonyl (C=O) groups is 4. The molecule has 7 atom stereocenters. The average Bonchev–Trinajstić information content (AvgIpc) is 3.96. The number of ether oxygens (including phenoxy) is 5. The number of allylic oxidation sites excluding steroid dienone is 3. The summed E-state index contributed by atoms with van der Waals surface area (Å²) in [4.78, 5) is 64.3. The number of hydrogen-bond donors (Lipinski definition) is 3. The second-order valence-electron chi connectivity index (χ2n) is 16.4. The highest BCUT2D eigenvalue weighted by molar-refractivity contribution is 9.09. The highest BCUT2D eigenvalue weighted by Crippen LogP contribution is 2.49. The predicted octanol–water partition coefficient (Wildman–Crippen LogP) is 7.39. The molecular weight excluding hydrogens is 966 g/mol. The molecule has 18 heteroatoms. The molecule has 0 spiro atoms. The number of hydrogen-bond acceptors (Lipinski definition) is 12. The molecule has 340 valence electrons. The molecule has 1 aromatic heterocycles. The predicted molar refractivity (Wildman–Crippen MR) is 244 cm³/mol. The van der Waals surface area contributed by atoms with Crippen LogP contribution in [0.1, 0.15) is 86.6 Å². The summed E-state index contributed by atoms with van der Waals surface area (Å²) in [5.41, 5.74) is 2.63. The van der Waals surface area contributed by atoms with Crippen LogP contribution >= 0.6 is 43.5 Å². The number of methoxy groups -OCH3 is 2. The van der Waals surface area contributed by atoms with Gasteiger partial charge in [0.15, 0.2) is 5.72 Å². The van der Waals surface area contributed by atoms with Gasteiger partial charge in [0.1, 0.15) is 34.7 Å². The number of alkyl carbamates (subject to hydrolysis) is 1. The van der Waals surface area contributed by atoms with Gasteiger partial charge in [-0.1, -0.05) is 80.6 Å². The molecule has 2 saturated heterocycles. The van der Waals surface area contributed by atoms with E-state index < -0.39 is 59.6 Å². The quantitative estimate of drug-likeness (QED) is 0.0707. The molecular formula is C45H54Br2ClN5O10. The summed E-state index contributed by atoms with van der Waals surface area (Å²) in [5, 5.41) is 18.6. The highest BCUT2D eigenvalue weighted by Gasteiger charge is 2.64. The second-order valence-corrected chi connectivity index (χ2v) is 17.9. The van der Waals surface area contributed by atoms with Gasteiger partial charge in [0.2, 0.25) is 5.91 Å². The summed E-state index contributed by atoms with van der Waals surface area (Å²) in [5.74, 6) is -1.27. The zero-order chi connectivity index (χ0) is 45.6. The first kappa shape index (κ1) is 48.3. The van der Waals surface area contributed by atoms with Crippen LogP contribution in [0.4, 0.5) is 10.5 Å². The number of rotatable bonds is 12. The van der Waals surface area contributed by atoms with Crippen molar-refractivity contribution in [3.8, 4) is 5.75 Å². The van der Waals surface area contributed by atoms with Crippen LogP contribution in [0.3, 0.4) is 0 Å². The SMILES string of the molecule is COc1cc2cc(c1Cl)N(C)C(=O)CC(OC(=O)CCCCCNC(=O)c1ccc3nc(CBr)c(CBr)nc3c1)C1(C)OC1C(C)C1CC(O)(NC(=O)O1)C(OC)C=CC=C(C)C2. The third-order valence-corrected chi connectivity index (χ3v) is 13.3. The van der Waals surface area contributed by atoms with Gasteiger partial charge in [-0.05, 0) is 69.0 Å². The molecule has 7 unspecified atom stereocenters. The number of esters is 1. The molecule has 3 amide bonds. The minimum absolute atomic E-state index is 0.0361. The number of alkyl halides is 2. The van der Waals surface area contributed by atoms with E-state index in [4.69, 9.17) is 35.3 Å². The lowest BCUT2D eigenvalue weighted by atomic mass is 9.83. The van der Waals surface area contributed by atoms with Crippen molar-refractivity contribution in [3.63, 3.8) is 0 Å². The van der Waals surface area contributed by atoms with Crippen LogP contribution < -0.4 is 20.3 Å². The summed E-state index contributed by atoms with van der Waals surface area (Å²) < 4.78 is 29.3. The highest BCUT2D eigenvalue weighted by atomic mass is 79.9. The fourth-order valence-corrected chi connectivity index (χ4v) is 9.39. The van der Waals surface area contributed by atoms with Crippen molar-refractivity contribution in [1.82, 2.24) is 20.6 Å². The number of nitrogens with one attached hydrogen (secondary N) is 2.